The number of thiophene rings is 1. The zero-order valence-corrected chi connectivity index (χ0v) is 11.3. The molecule has 2 aromatic carbocycles. The molecule has 1 aromatic heterocycles. The number of rotatable bonds is 4. The van der Waals surface area contributed by atoms with Crippen molar-refractivity contribution in [3.05, 3.63) is 71.6 Å². The summed E-state index contributed by atoms with van der Waals surface area (Å²) in [7, 11) is 0. The van der Waals surface area contributed by atoms with Crippen LogP contribution >= 0.6 is 11.3 Å². The van der Waals surface area contributed by atoms with Crippen molar-refractivity contribution in [1.29, 1.82) is 0 Å². The average Bonchev–Trinajstić information content (AvgIpc) is 2.88. The third kappa shape index (κ3) is 2.69. The van der Waals surface area contributed by atoms with E-state index in [-0.39, 0.29) is 0 Å². The molecule has 0 unspecified atom stereocenters. The van der Waals surface area contributed by atoms with Gasteiger partial charge >= 0.3 is 0 Å². The third-order valence-corrected chi connectivity index (χ3v) is 4.06. The van der Waals surface area contributed by atoms with Crippen molar-refractivity contribution in [1.82, 2.24) is 0 Å². The minimum Gasteiger partial charge on any atom is -0.488 e. The summed E-state index contributed by atoms with van der Waals surface area (Å²) in [5.74, 6) is 0.892. The van der Waals surface area contributed by atoms with E-state index >= 15 is 0 Å². The van der Waals surface area contributed by atoms with Gasteiger partial charge in [-0.25, -0.2) is 0 Å². The zero-order chi connectivity index (χ0) is 13.1. The fourth-order valence-electron chi connectivity index (χ4n) is 1.96. The highest BCUT2D eigenvalue weighted by molar-refractivity contribution is 7.19. The van der Waals surface area contributed by atoms with Gasteiger partial charge in [-0.2, -0.15) is 0 Å². The maximum atomic E-state index is 5.80. The summed E-state index contributed by atoms with van der Waals surface area (Å²) in [5.41, 5.74) is 1.11. The lowest BCUT2D eigenvalue weighted by molar-refractivity contribution is 0.310. The standard InChI is InChI=1S/C17H14OS/c1-2-13-7-9-15(10-8-13)18-12-16-11-14-5-3-4-6-17(14)19-16/h2-11H,1,12H2. The Hall–Kier alpha value is -2.06. The van der Waals surface area contributed by atoms with E-state index in [0.29, 0.717) is 6.61 Å². The molecule has 0 atom stereocenters. The van der Waals surface area contributed by atoms with Gasteiger partial charge in [-0.15, -0.1) is 11.3 Å². The molecule has 0 N–H and O–H groups in total. The van der Waals surface area contributed by atoms with Gasteiger partial charge in [0.15, 0.2) is 0 Å². The van der Waals surface area contributed by atoms with Crippen molar-refractivity contribution in [3.63, 3.8) is 0 Å². The van der Waals surface area contributed by atoms with Gasteiger partial charge in [0.25, 0.3) is 0 Å². The van der Waals surface area contributed by atoms with Crippen LogP contribution in [0.5, 0.6) is 5.75 Å². The molecule has 0 aliphatic rings. The highest BCUT2D eigenvalue weighted by atomic mass is 32.1. The number of hydrogen-bond donors (Lipinski definition) is 0. The molecule has 3 aromatic rings. The Morgan fingerprint density at radius 1 is 1.05 bits per heavy atom. The molecular formula is C17H14OS. The van der Waals surface area contributed by atoms with Crippen LogP contribution in [0.4, 0.5) is 0 Å². The van der Waals surface area contributed by atoms with Crippen molar-refractivity contribution in [2.45, 2.75) is 6.61 Å². The summed E-state index contributed by atoms with van der Waals surface area (Å²) >= 11 is 1.78. The summed E-state index contributed by atoms with van der Waals surface area (Å²) in [5, 5.41) is 1.29. The van der Waals surface area contributed by atoms with E-state index in [1.165, 1.54) is 15.0 Å². The summed E-state index contributed by atoms with van der Waals surface area (Å²) < 4.78 is 7.11. The minimum absolute atomic E-state index is 0.618. The van der Waals surface area contributed by atoms with Crippen LogP contribution in [0.15, 0.2) is 61.2 Å². The molecule has 1 nitrogen and oxygen atoms in total. The van der Waals surface area contributed by atoms with Crippen LogP contribution in [-0.4, -0.2) is 0 Å². The molecular weight excluding hydrogens is 252 g/mol. The Balaban J connectivity index is 1.72. The maximum absolute atomic E-state index is 5.80. The minimum atomic E-state index is 0.618. The van der Waals surface area contributed by atoms with Gasteiger partial charge in [-0.3, -0.25) is 0 Å². The van der Waals surface area contributed by atoms with Crippen LogP contribution in [0.3, 0.4) is 0 Å². The molecule has 0 saturated heterocycles. The van der Waals surface area contributed by atoms with Gasteiger partial charge in [0, 0.05) is 9.58 Å². The largest absolute Gasteiger partial charge is 0.488 e. The second-order valence-corrected chi connectivity index (χ2v) is 5.48. The van der Waals surface area contributed by atoms with Crippen LogP contribution in [-0.2, 0) is 6.61 Å². The van der Waals surface area contributed by atoms with E-state index in [4.69, 9.17) is 4.74 Å². The predicted octanol–water partition coefficient (Wildman–Crippen LogP) is 5.12. The first-order valence-electron chi connectivity index (χ1n) is 6.18. The molecule has 2 heteroatoms. The molecule has 0 bridgehead atoms. The van der Waals surface area contributed by atoms with Crippen LogP contribution in [0, 0.1) is 0 Å². The Bertz CT molecular complexity index is 662. The van der Waals surface area contributed by atoms with Gasteiger partial charge in [-0.1, -0.05) is 43.0 Å². The molecule has 0 spiro atoms. The molecule has 0 amide bonds. The van der Waals surface area contributed by atoms with Crippen molar-refractivity contribution in [2.24, 2.45) is 0 Å². The molecule has 1 heterocycles. The van der Waals surface area contributed by atoms with Gasteiger partial charge in [0.1, 0.15) is 12.4 Å². The molecule has 94 valence electrons. The Kier molecular flexibility index (Phi) is 3.34. The number of hydrogen-bond acceptors (Lipinski definition) is 2. The SMILES string of the molecule is C=Cc1ccc(OCc2cc3ccccc3s2)cc1. The van der Waals surface area contributed by atoms with Crippen molar-refractivity contribution in [2.75, 3.05) is 0 Å². The first kappa shape index (κ1) is 12.0. The van der Waals surface area contributed by atoms with Gasteiger partial charge in [0.2, 0.25) is 0 Å². The molecule has 19 heavy (non-hydrogen) atoms. The Labute approximate surface area is 116 Å². The van der Waals surface area contributed by atoms with E-state index in [2.05, 4.69) is 36.9 Å². The molecule has 0 fully saturated rings. The van der Waals surface area contributed by atoms with E-state index < -0.39 is 0 Å². The second-order valence-electron chi connectivity index (χ2n) is 4.31. The highest BCUT2D eigenvalue weighted by Crippen LogP contribution is 2.26. The molecule has 0 radical (unpaired) electrons. The molecule has 0 saturated carbocycles. The summed E-state index contributed by atoms with van der Waals surface area (Å²) in [6.07, 6.45) is 1.83. The molecule has 0 aliphatic carbocycles. The Morgan fingerprint density at radius 3 is 2.58 bits per heavy atom. The lowest BCUT2D eigenvalue weighted by atomic mass is 10.2. The summed E-state index contributed by atoms with van der Waals surface area (Å²) in [6.45, 7) is 4.36. The topological polar surface area (TPSA) is 9.23 Å². The average molecular weight is 266 g/mol. The first-order valence-corrected chi connectivity index (χ1v) is 6.99. The number of benzene rings is 2. The molecule has 0 aliphatic heterocycles. The highest BCUT2D eigenvalue weighted by Gasteiger charge is 2.02. The smallest absolute Gasteiger partial charge is 0.122 e. The van der Waals surface area contributed by atoms with E-state index in [1.807, 2.05) is 30.3 Å². The van der Waals surface area contributed by atoms with E-state index in [9.17, 15) is 0 Å². The Morgan fingerprint density at radius 2 is 1.84 bits per heavy atom. The maximum Gasteiger partial charge on any atom is 0.122 e. The van der Waals surface area contributed by atoms with Crippen molar-refractivity contribution >= 4 is 27.5 Å². The summed E-state index contributed by atoms with van der Waals surface area (Å²) in [4.78, 5) is 1.24. The van der Waals surface area contributed by atoms with Gasteiger partial charge in [-0.05, 0) is 35.2 Å². The fourth-order valence-corrected chi connectivity index (χ4v) is 2.94. The predicted molar refractivity (Wildman–Crippen MR) is 82.7 cm³/mol. The number of fused-ring (bicyclic) bond motifs is 1. The quantitative estimate of drug-likeness (QED) is 0.636. The lowest BCUT2D eigenvalue weighted by Crippen LogP contribution is -1.92. The van der Waals surface area contributed by atoms with Crippen LogP contribution < -0.4 is 4.74 Å². The van der Waals surface area contributed by atoms with Crippen molar-refractivity contribution in [3.8, 4) is 5.75 Å². The van der Waals surface area contributed by atoms with Crippen LogP contribution in [0.25, 0.3) is 16.2 Å². The monoisotopic (exact) mass is 266 g/mol. The van der Waals surface area contributed by atoms with Crippen molar-refractivity contribution < 1.29 is 4.74 Å². The van der Waals surface area contributed by atoms with E-state index in [1.54, 1.807) is 11.3 Å². The van der Waals surface area contributed by atoms with Gasteiger partial charge in [0.05, 0.1) is 0 Å². The van der Waals surface area contributed by atoms with Crippen LogP contribution in [0.1, 0.15) is 10.4 Å². The summed E-state index contributed by atoms with van der Waals surface area (Å²) in [6, 6.07) is 18.6. The zero-order valence-electron chi connectivity index (χ0n) is 10.5. The third-order valence-electron chi connectivity index (χ3n) is 2.97. The molecule has 3 rings (SSSR count). The normalized spacial score (nSPS) is 10.5. The first-order chi connectivity index (χ1) is 9.35. The fraction of sp³-hybridized carbons (Fsp3) is 0.0588. The van der Waals surface area contributed by atoms with Crippen LogP contribution in [0.2, 0.25) is 0 Å². The van der Waals surface area contributed by atoms with E-state index in [0.717, 1.165) is 11.3 Å². The number of ether oxygens (including phenoxy) is 1. The second kappa shape index (κ2) is 5.29. The van der Waals surface area contributed by atoms with Gasteiger partial charge < -0.3 is 4.74 Å². The lowest BCUT2D eigenvalue weighted by Gasteiger charge is -2.04.